The van der Waals surface area contributed by atoms with Crippen molar-refractivity contribution in [3.63, 3.8) is 0 Å². The van der Waals surface area contributed by atoms with E-state index in [1.54, 1.807) is 17.5 Å². The number of carboxylic acids is 1. The fraction of sp³-hybridized carbons (Fsp3) is 0.360. The Morgan fingerprint density at radius 3 is 2.58 bits per heavy atom. The quantitative estimate of drug-likeness (QED) is 0.357. The van der Waals surface area contributed by atoms with Gasteiger partial charge < -0.3 is 14.9 Å². The predicted molar refractivity (Wildman–Crippen MR) is 123 cm³/mol. The van der Waals surface area contributed by atoms with E-state index >= 15 is 0 Å². The Hall–Kier alpha value is -2.70. The molecule has 0 radical (unpaired) electrons. The number of thiazole rings is 1. The van der Waals surface area contributed by atoms with Crippen molar-refractivity contribution in [2.75, 3.05) is 6.61 Å². The molecule has 1 atom stereocenters. The van der Waals surface area contributed by atoms with E-state index in [1.807, 2.05) is 54.6 Å². The molecular weight excluding hydrogens is 410 g/mol. The van der Waals surface area contributed by atoms with E-state index < -0.39 is 12.1 Å². The van der Waals surface area contributed by atoms with Crippen LogP contribution < -0.4 is 4.74 Å². The Morgan fingerprint density at radius 1 is 1.00 bits per heavy atom. The molecule has 0 aliphatic rings. The number of carboxylic acid groups (broad SMARTS) is 1. The Balaban J connectivity index is 1.35. The first kappa shape index (κ1) is 23.0. The van der Waals surface area contributed by atoms with E-state index in [0.717, 1.165) is 52.4 Å². The number of aryl methyl sites for hydroxylation is 2. The monoisotopic (exact) mass is 439 g/mol. The number of unbranched alkanes of at least 4 members (excludes halogenated alkanes) is 2. The zero-order valence-corrected chi connectivity index (χ0v) is 18.4. The van der Waals surface area contributed by atoms with Gasteiger partial charge >= 0.3 is 5.97 Å². The van der Waals surface area contributed by atoms with Crippen molar-refractivity contribution in [1.82, 2.24) is 4.98 Å². The number of aliphatic hydroxyl groups is 1. The van der Waals surface area contributed by atoms with Crippen molar-refractivity contribution in [1.29, 1.82) is 0 Å². The summed E-state index contributed by atoms with van der Waals surface area (Å²) in [5.41, 5.74) is 2.06. The lowest BCUT2D eigenvalue weighted by Gasteiger charge is -2.10. The number of hydrogen-bond donors (Lipinski definition) is 2. The smallest absolute Gasteiger partial charge is 0.303 e. The molecule has 6 heteroatoms. The van der Waals surface area contributed by atoms with Crippen LogP contribution in [0, 0.1) is 0 Å². The number of benzene rings is 2. The fourth-order valence-corrected chi connectivity index (χ4v) is 4.31. The van der Waals surface area contributed by atoms with Crippen LogP contribution in [0.2, 0.25) is 0 Å². The number of nitrogens with zero attached hydrogens (tertiary/aromatic N) is 1. The predicted octanol–water partition coefficient (Wildman–Crippen LogP) is 5.23. The van der Waals surface area contributed by atoms with Gasteiger partial charge in [-0.05, 0) is 49.3 Å². The number of aliphatic carboxylic acids is 1. The molecule has 1 aromatic heterocycles. The standard InChI is InChI=1S/C25H29NO4S/c27-21(17-19-9-3-1-4-10-19)23-18-26-24(31-23)13-5-2-8-16-30-22-12-7-6-11-20(22)14-15-25(28)29/h1,3-4,6-7,9-12,18,21,27H,2,5,8,13-17H2,(H,28,29). The average molecular weight is 440 g/mol. The van der Waals surface area contributed by atoms with E-state index in [1.165, 1.54) is 0 Å². The molecule has 0 fully saturated rings. The lowest BCUT2D eigenvalue weighted by Crippen LogP contribution is -2.03. The minimum absolute atomic E-state index is 0.107. The van der Waals surface area contributed by atoms with Gasteiger partial charge in [-0.2, -0.15) is 0 Å². The summed E-state index contributed by atoms with van der Waals surface area (Å²) in [4.78, 5) is 16.2. The molecule has 31 heavy (non-hydrogen) atoms. The minimum atomic E-state index is -0.798. The molecule has 1 unspecified atom stereocenters. The molecule has 164 valence electrons. The Kier molecular flexibility index (Phi) is 9.06. The highest BCUT2D eigenvalue weighted by atomic mass is 32.1. The highest BCUT2D eigenvalue weighted by molar-refractivity contribution is 7.11. The second kappa shape index (κ2) is 12.2. The molecule has 0 saturated carbocycles. The summed E-state index contributed by atoms with van der Waals surface area (Å²) >= 11 is 1.59. The zero-order chi connectivity index (χ0) is 21.9. The molecule has 1 heterocycles. The second-order valence-corrected chi connectivity index (χ2v) is 8.67. The Morgan fingerprint density at radius 2 is 1.77 bits per heavy atom. The summed E-state index contributed by atoms with van der Waals surface area (Å²) in [7, 11) is 0. The van der Waals surface area contributed by atoms with Gasteiger partial charge in [-0.1, -0.05) is 48.5 Å². The normalized spacial score (nSPS) is 11.9. The van der Waals surface area contributed by atoms with Crippen LogP contribution >= 0.6 is 11.3 Å². The molecule has 5 nitrogen and oxygen atoms in total. The number of aromatic nitrogens is 1. The summed E-state index contributed by atoms with van der Waals surface area (Å²) in [5, 5.41) is 20.4. The van der Waals surface area contributed by atoms with Crippen LogP contribution in [0.1, 0.15) is 52.8 Å². The second-order valence-electron chi connectivity index (χ2n) is 7.52. The van der Waals surface area contributed by atoms with E-state index in [9.17, 15) is 9.90 Å². The number of para-hydroxylation sites is 1. The lowest BCUT2D eigenvalue weighted by molar-refractivity contribution is -0.136. The van der Waals surface area contributed by atoms with Crippen molar-refractivity contribution in [3.8, 4) is 5.75 Å². The molecule has 3 aromatic rings. The van der Waals surface area contributed by atoms with Crippen LogP contribution in [-0.2, 0) is 24.1 Å². The molecule has 2 N–H and O–H groups in total. The SMILES string of the molecule is O=C(O)CCc1ccccc1OCCCCCc1ncc(C(O)Cc2ccccc2)s1. The molecule has 0 bridgehead atoms. The molecule has 0 spiro atoms. The van der Waals surface area contributed by atoms with Crippen LogP contribution in [0.4, 0.5) is 0 Å². The first-order chi connectivity index (χ1) is 15.1. The molecule has 0 aliphatic heterocycles. The minimum Gasteiger partial charge on any atom is -0.493 e. The van der Waals surface area contributed by atoms with Crippen molar-refractivity contribution in [3.05, 3.63) is 81.8 Å². The number of rotatable bonds is 13. The maximum Gasteiger partial charge on any atom is 0.303 e. The summed E-state index contributed by atoms with van der Waals surface area (Å²) in [6.07, 6.45) is 6.36. The fourth-order valence-electron chi connectivity index (χ4n) is 3.36. The molecule has 0 aliphatic carbocycles. The van der Waals surface area contributed by atoms with Crippen molar-refractivity contribution in [2.45, 2.75) is 51.0 Å². The number of hydrogen-bond acceptors (Lipinski definition) is 5. The molecule has 3 rings (SSSR count). The van der Waals surface area contributed by atoms with Gasteiger partial charge in [-0.15, -0.1) is 11.3 Å². The van der Waals surface area contributed by atoms with Crippen LogP contribution in [0.15, 0.2) is 60.8 Å². The highest BCUT2D eigenvalue weighted by Gasteiger charge is 2.12. The molecular formula is C25H29NO4S. The van der Waals surface area contributed by atoms with Gasteiger partial charge in [-0.3, -0.25) is 4.79 Å². The Bertz CT molecular complexity index is 941. The van der Waals surface area contributed by atoms with Gasteiger partial charge in [0.05, 0.1) is 22.6 Å². The van der Waals surface area contributed by atoms with E-state index in [-0.39, 0.29) is 6.42 Å². The first-order valence-electron chi connectivity index (χ1n) is 10.7. The summed E-state index contributed by atoms with van der Waals surface area (Å²) < 4.78 is 5.87. The molecule has 0 saturated heterocycles. The molecule has 0 amide bonds. The number of ether oxygens (including phenoxy) is 1. The van der Waals surface area contributed by atoms with Gasteiger partial charge in [0, 0.05) is 19.0 Å². The largest absolute Gasteiger partial charge is 0.493 e. The van der Waals surface area contributed by atoms with Crippen LogP contribution in [0.3, 0.4) is 0 Å². The van der Waals surface area contributed by atoms with Crippen molar-refractivity contribution >= 4 is 17.3 Å². The van der Waals surface area contributed by atoms with Crippen molar-refractivity contribution < 1.29 is 19.7 Å². The maximum absolute atomic E-state index is 10.8. The molecule has 2 aromatic carbocycles. The summed E-state index contributed by atoms with van der Waals surface area (Å²) in [6, 6.07) is 17.6. The van der Waals surface area contributed by atoms with E-state index in [2.05, 4.69) is 4.98 Å². The third kappa shape index (κ3) is 7.81. The van der Waals surface area contributed by atoms with E-state index in [4.69, 9.17) is 9.84 Å². The maximum atomic E-state index is 10.8. The van der Waals surface area contributed by atoms with Gasteiger partial charge in [0.15, 0.2) is 0 Å². The number of carbonyl (C=O) groups is 1. The van der Waals surface area contributed by atoms with Crippen LogP contribution in [0.5, 0.6) is 5.75 Å². The topological polar surface area (TPSA) is 79.7 Å². The first-order valence-corrected chi connectivity index (χ1v) is 11.5. The van der Waals surface area contributed by atoms with Crippen molar-refractivity contribution in [2.24, 2.45) is 0 Å². The van der Waals surface area contributed by atoms with Gasteiger partial charge in [0.1, 0.15) is 5.75 Å². The van der Waals surface area contributed by atoms with E-state index in [0.29, 0.717) is 19.4 Å². The van der Waals surface area contributed by atoms with Gasteiger partial charge in [0.2, 0.25) is 0 Å². The third-order valence-electron chi connectivity index (χ3n) is 5.05. The Labute approximate surface area is 187 Å². The highest BCUT2D eigenvalue weighted by Crippen LogP contribution is 2.25. The lowest BCUT2D eigenvalue weighted by atomic mass is 10.1. The number of aliphatic hydroxyl groups excluding tert-OH is 1. The summed E-state index contributed by atoms with van der Waals surface area (Å²) in [5.74, 6) is -0.0200. The van der Waals surface area contributed by atoms with Crippen LogP contribution in [0.25, 0.3) is 0 Å². The van der Waals surface area contributed by atoms with Gasteiger partial charge in [-0.25, -0.2) is 4.98 Å². The van der Waals surface area contributed by atoms with Crippen LogP contribution in [-0.4, -0.2) is 27.8 Å². The third-order valence-corrected chi connectivity index (χ3v) is 6.20. The van der Waals surface area contributed by atoms with Gasteiger partial charge in [0.25, 0.3) is 0 Å². The average Bonchev–Trinajstić information content (AvgIpc) is 3.25. The zero-order valence-electron chi connectivity index (χ0n) is 17.6. The summed E-state index contributed by atoms with van der Waals surface area (Å²) in [6.45, 7) is 0.614.